The molecule has 0 saturated carbocycles. The van der Waals surface area contributed by atoms with Gasteiger partial charge in [-0.1, -0.05) is 23.5 Å². The highest BCUT2D eigenvalue weighted by Crippen LogP contribution is 2.33. The first-order chi connectivity index (χ1) is 8.34. The van der Waals surface area contributed by atoms with E-state index in [9.17, 15) is 0 Å². The van der Waals surface area contributed by atoms with Gasteiger partial charge in [0.1, 0.15) is 10.0 Å². The van der Waals surface area contributed by atoms with Crippen LogP contribution in [0, 0.1) is 0 Å². The van der Waals surface area contributed by atoms with Gasteiger partial charge in [-0.3, -0.25) is 0 Å². The van der Waals surface area contributed by atoms with Crippen molar-refractivity contribution in [1.29, 1.82) is 0 Å². The van der Waals surface area contributed by atoms with Gasteiger partial charge >= 0.3 is 0 Å². The Morgan fingerprint density at radius 3 is 2.94 bits per heavy atom. The molecule has 1 aromatic carbocycles. The van der Waals surface area contributed by atoms with Crippen LogP contribution in [0.3, 0.4) is 0 Å². The molecule has 1 fully saturated rings. The molecule has 0 spiro atoms. The van der Waals surface area contributed by atoms with Crippen molar-refractivity contribution >= 4 is 17.0 Å². The summed E-state index contributed by atoms with van der Waals surface area (Å²) in [6.07, 6.45) is 1.04. The van der Waals surface area contributed by atoms with Crippen molar-refractivity contribution < 1.29 is 4.74 Å². The lowest BCUT2D eigenvalue weighted by Crippen LogP contribution is -1.95. The average Bonchev–Trinajstić information content (AvgIpc) is 3.00. The average molecular weight is 247 g/mol. The normalized spacial score (nSPS) is 19.6. The molecule has 1 aliphatic heterocycles. The zero-order valence-corrected chi connectivity index (χ0v) is 10.1. The molecule has 0 aliphatic carbocycles. The number of nitrogens with two attached hydrogens (primary N) is 1. The van der Waals surface area contributed by atoms with E-state index in [1.165, 1.54) is 0 Å². The van der Waals surface area contributed by atoms with Crippen LogP contribution in [-0.2, 0) is 4.74 Å². The molecule has 0 bridgehead atoms. The number of nitrogens with zero attached hydrogens (tertiary/aromatic N) is 2. The molecule has 1 unspecified atom stereocenters. The first kappa shape index (κ1) is 10.7. The quantitative estimate of drug-likeness (QED) is 0.827. The number of hydrogen-bond acceptors (Lipinski definition) is 5. The molecule has 4 nitrogen and oxygen atoms in total. The fourth-order valence-electron chi connectivity index (χ4n) is 1.93. The molecule has 3 rings (SSSR count). The molecule has 1 aliphatic rings. The monoisotopic (exact) mass is 247 g/mol. The number of rotatable bonds is 2. The minimum absolute atomic E-state index is 0.409. The fourth-order valence-corrected chi connectivity index (χ4v) is 2.94. The molecule has 1 aromatic heterocycles. The van der Waals surface area contributed by atoms with E-state index in [0.29, 0.717) is 5.92 Å². The van der Waals surface area contributed by atoms with E-state index in [2.05, 4.69) is 10.2 Å². The summed E-state index contributed by atoms with van der Waals surface area (Å²) in [6, 6.07) is 7.75. The number of anilines is 1. The van der Waals surface area contributed by atoms with Crippen molar-refractivity contribution in [3.63, 3.8) is 0 Å². The van der Waals surface area contributed by atoms with Crippen molar-refractivity contribution in [2.75, 3.05) is 18.9 Å². The van der Waals surface area contributed by atoms with Gasteiger partial charge in [-0.25, -0.2) is 0 Å². The number of hydrogen-bond donors (Lipinski definition) is 1. The highest BCUT2D eigenvalue weighted by Gasteiger charge is 2.22. The minimum atomic E-state index is 0.409. The largest absolute Gasteiger partial charge is 0.398 e. The van der Waals surface area contributed by atoms with Gasteiger partial charge in [-0.15, -0.1) is 10.2 Å². The van der Waals surface area contributed by atoms with Gasteiger partial charge in [0.25, 0.3) is 0 Å². The van der Waals surface area contributed by atoms with Crippen LogP contribution in [0.5, 0.6) is 0 Å². The Kier molecular flexibility index (Phi) is 2.78. The van der Waals surface area contributed by atoms with Gasteiger partial charge in [-0.05, 0) is 18.6 Å². The van der Waals surface area contributed by atoms with Crippen molar-refractivity contribution in [3.8, 4) is 10.6 Å². The maximum atomic E-state index is 5.93. The molecule has 88 valence electrons. The van der Waals surface area contributed by atoms with Gasteiger partial charge in [0, 0.05) is 23.8 Å². The van der Waals surface area contributed by atoms with Crippen LogP contribution < -0.4 is 5.73 Å². The van der Waals surface area contributed by atoms with Gasteiger partial charge < -0.3 is 10.5 Å². The molecule has 2 N–H and O–H groups in total. The van der Waals surface area contributed by atoms with Crippen LogP contribution in [0.25, 0.3) is 10.6 Å². The first-order valence-corrected chi connectivity index (χ1v) is 6.42. The van der Waals surface area contributed by atoms with Crippen LogP contribution in [0.4, 0.5) is 5.69 Å². The van der Waals surface area contributed by atoms with Crippen molar-refractivity contribution in [1.82, 2.24) is 10.2 Å². The number of para-hydroxylation sites is 1. The number of benzene rings is 1. The topological polar surface area (TPSA) is 61.0 Å². The second-order valence-electron chi connectivity index (χ2n) is 4.09. The summed E-state index contributed by atoms with van der Waals surface area (Å²) in [6.45, 7) is 1.59. The highest BCUT2D eigenvalue weighted by atomic mass is 32.1. The van der Waals surface area contributed by atoms with Crippen LogP contribution in [0.2, 0.25) is 0 Å². The van der Waals surface area contributed by atoms with Crippen molar-refractivity contribution in [2.45, 2.75) is 12.3 Å². The predicted molar refractivity (Wildman–Crippen MR) is 67.9 cm³/mol. The maximum absolute atomic E-state index is 5.93. The fraction of sp³-hybridized carbons (Fsp3) is 0.333. The molecule has 0 radical (unpaired) electrons. The summed E-state index contributed by atoms with van der Waals surface area (Å²) in [7, 11) is 0. The number of aromatic nitrogens is 2. The predicted octanol–water partition coefficient (Wildman–Crippen LogP) is 2.29. The standard InChI is InChI=1S/C12H13N3OS/c13-10-4-2-1-3-9(10)12-15-14-11(17-12)8-5-6-16-7-8/h1-4,8H,5-7,13H2. The molecule has 1 saturated heterocycles. The maximum Gasteiger partial charge on any atom is 0.149 e. The number of ether oxygens (including phenoxy) is 1. The van der Waals surface area contributed by atoms with Gasteiger partial charge in [0.05, 0.1) is 6.61 Å². The third-order valence-corrected chi connectivity index (χ3v) is 4.03. The summed E-state index contributed by atoms with van der Waals surface area (Å²) in [5.41, 5.74) is 7.65. The molecule has 17 heavy (non-hydrogen) atoms. The Bertz CT molecular complexity index is 520. The van der Waals surface area contributed by atoms with Crippen LogP contribution >= 0.6 is 11.3 Å². The highest BCUT2D eigenvalue weighted by molar-refractivity contribution is 7.14. The van der Waals surface area contributed by atoms with Gasteiger partial charge in [0.15, 0.2) is 0 Å². The van der Waals surface area contributed by atoms with Crippen LogP contribution in [0.1, 0.15) is 17.3 Å². The van der Waals surface area contributed by atoms with Gasteiger partial charge in [0.2, 0.25) is 0 Å². The Balaban J connectivity index is 1.92. The van der Waals surface area contributed by atoms with Crippen molar-refractivity contribution in [2.24, 2.45) is 0 Å². The molecular weight excluding hydrogens is 234 g/mol. The summed E-state index contributed by atoms with van der Waals surface area (Å²) in [5.74, 6) is 0.409. The molecule has 0 amide bonds. The Labute approximate surface area is 103 Å². The summed E-state index contributed by atoms with van der Waals surface area (Å²) < 4.78 is 5.36. The third kappa shape index (κ3) is 2.03. The summed E-state index contributed by atoms with van der Waals surface area (Å²) in [5, 5.41) is 10.4. The SMILES string of the molecule is Nc1ccccc1-c1nnc(C2CCOC2)s1. The lowest BCUT2D eigenvalue weighted by atomic mass is 10.1. The van der Waals surface area contributed by atoms with E-state index in [4.69, 9.17) is 10.5 Å². The van der Waals surface area contributed by atoms with Crippen LogP contribution in [-0.4, -0.2) is 23.4 Å². The van der Waals surface area contributed by atoms with Crippen LogP contribution in [0.15, 0.2) is 24.3 Å². The Hall–Kier alpha value is -1.46. The Morgan fingerprint density at radius 2 is 2.18 bits per heavy atom. The molecule has 1 atom stereocenters. The third-order valence-electron chi connectivity index (χ3n) is 2.91. The van der Waals surface area contributed by atoms with E-state index in [0.717, 1.165) is 40.9 Å². The second kappa shape index (κ2) is 4.43. The summed E-state index contributed by atoms with van der Waals surface area (Å²) >= 11 is 1.62. The molecule has 5 heteroatoms. The van der Waals surface area contributed by atoms with E-state index in [-0.39, 0.29) is 0 Å². The van der Waals surface area contributed by atoms with E-state index < -0.39 is 0 Å². The molecule has 2 aromatic rings. The van der Waals surface area contributed by atoms with Gasteiger partial charge in [-0.2, -0.15) is 0 Å². The molecular formula is C12H13N3OS. The Morgan fingerprint density at radius 1 is 1.29 bits per heavy atom. The zero-order chi connectivity index (χ0) is 11.7. The summed E-state index contributed by atoms with van der Waals surface area (Å²) in [4.78, 5) is 0. The smallest absolute Gasteiger partial charge is 0.149 e. The lowest BCUT2D eigenvalue weighted by Gasteiger charge is -2.00. The first-order valence-electron chi connectivity index (χ1n) is 5.60. The molecule has 2 heterocycles. The lowest BCUT2D eigenvalue weighted by molar-refractivity contribution is 0.194. The number of nitrogen functional groups attached to an aromatic ring is 1. The van der Waals surface area contributed by atoms with Crippen molar-refractivity contribution in [3.05, 3.63) is 29.3 Å². The minimum Gasteiger partial charge on any atom is -0.398 e. The van der Waals surface area contributed by atoms with E-state index in [1.54, 1.807) is 11.3 Å². The van der Waals surface area contributed by atoms with E-state index >= 15 is 0 Å². The van der Waals surface area contributed by atoms with E-state index in [1.807, 2.05) is 24.3 Å². The second-order valence-corrected chi connectivity index (χ2v) is 5.10. The zero-order valence-electron chi connectivity index (χ0n) is 9.30.